The first kappa shape index (κ1) is 14.4. The van der Waals surface area contributed by atoms with Crippen molar-refractivity contribution in [2.45, 2.75) is 20.4 Å². The molecule has 0 spiro atoms. The summed E-state index contributed by atoms with van der Waals surface area (Å²) in [6, 6.07) is 7.78. The van der Waals surface area contributed by atoms with Crippen LogP contribution in [-0.2, 0) is 6.54 Å². The Hall–Kier alpha value is -2.01. The number of aryl methyl sites for hydroxylation is 1. The van der Waals surface area contributed by atoms with Crippen molar-refractivity contribution in [3.63, 3.8) is 0 Å². The molecule has 3 N–H and O–H groups in total. The molecular weight excluding hydrogens is 272 g/mol. The molecular formula is C15H18N2O2S. The molecule has 2 rings (SSSR count). The SMILES string of the molecule is CCOc1ccc(NCc2cc(C(N)=O)cs2)c(C)c1. The van der Waals surface area contributed by atoms with Crippen LogP contribution < -0.4 is 15.8 Å². The third-order valence-corrected chi connectivity index (χ3v) is 3.84. The second-order valence-corrected chi connectivity index (χ2v) is 5.43. The van der Waals surface area contributed by atoms with Gasteiger partial charge in [0.2, 0.25) is 5.91 Å². The number of nitrogens with one attached hydrogen (secondary N) is 1. The summed E-state index contributed by atoms with van der Waals surface area (Å²) in [5, 5.41) is 5.14. The first-order valence-corrected chi connectivity index (χ1v) is 7.32. The van der Waals surface area contributed by atoms with E-state index in [1.165, 1.54) is 11.3 Å². The maximum Gasteiger partial charge on any atom is 0.249 e. The van der Waals surface area contributed by atoms with Gasteiger partial charge < -0.3 is 15.8 Å². The molecule has 0 aliphatic rings. The summed E-state index contributed by atoms with van der Waals surface area (Å²) in [4.78, 5) is 12.1. The molecule has 0 unspecified atom stereocenters. The zero-order valence-corrected chi connectivity index (χ0v) is 12.4. The van der Waals surface area contributed by atoms with Gasteiger partial charge in [-0.2, -0.15) is 0 Å². The van der Waals surface area contributed by atoms with E-state index >= 15 is 0 Å². The summed E-state index contributed by atoms with van der Waals surface area (Å²) in [6.45, 7) is 5.34. The molecule has 0 aliphatic heterocycles. The molecule has 0 radical (unpaired) electrons. The van der Waals surface area contributed by atoms with Crippen molar-refractivity contribution in [3.05, 3.63) is 45.6 Å². The Morgan fingerprint density at radius 1 is 1.40 bits per heavy atom. The fraction of sp³-hybridized carbons (Fsp3) is 0.267. The molecule has 0 saturated heterocycles. The van der Waals surface area contributed by atoms with E-state index in [2.05, 4.69) is 5.32 Å². The second kappa shape index (κ2) is 6.43. The van der Waals surface area contributed by atoms with Crippen LogP contribution in [0, 0.1) is 6.92 Å². The molecule has 1 heterocycles. The number of carbonyl (C=O) groups excluding carboxylic acids is 1. The molecule has 1 aromatic heterocycles. The molecule has 20 heavy (non-hydrogen) atoms. The molecule has 2 aromatic rings. The Labute approximate surface area is 122 Å². The van der Waals surface area contributed by atoms with Crippen LogP contribution in [-0.4, -0.2) is 12.5 Å². The standard InChI is InChI=1S/C15H18N2O2S/c1-3-19-12-4-5-14(10(2)6-12)17-8-13-7-11(9-20-13)15(16)18/h4-7,9,17H,3,8H2,1-2H3,(H2,16,18). The van der Waals surface area contributed by atoms with Crippen LogP contribution in [0.4, 0.5) is 5.69 Å². The summed E-state index contributed by atoms with van der Waals surface area (Å²) >= 11 is 1.53. The highest BCUT2D eigenvalue weighted by Gasteiger charge is 2.05. The molecule has 1 aromatic carbocycles. The number of hydrogen-bond donors (Lipinski definition) is 2. The van der Waals surface area contributed by atoms with Gasteiger partial charge >= 0.3 is 0 Å². The van der Waals surface area contributed by atoms with Crippen molar-refractivity contribution in [2.24, 2.45) is 5.73 Å². The van der Waals surface area contributed by atoms with Crippen LogP contribution in [0.25, 0.3) is 0 Å². The average Bonchev–Trinajstić information content (AvgIpc) is 2.87. The first-order chi connectivity index (χ1) is 9.60. The Bertz CT molecular complexity index is 608. The van der Waals surface area contributed by atoms with Crippen molar-refractivity contribution in [1.29, 1.82) is 0 Å². The Kier molecular flexibility index (Phi) is 4.63. The van der Waals surface area contributed by atoms with E-state index in [9.17, 15) is 4.79 Å². The minimum absolute atomic E-state index is 0.384. The average molecular weight is 290 g/mol. The molecule has 5 heteroatoms. The van der Waals surface area contributed by atoms with Crippen molar-refractivity contribution >= 4 is 22.9 Å². The van der Waals surface area contributed by atoms with Gasteiger partial charge in [0.15, 0.2) is 0 Å². The number of amides is 1. The van der Waals surface area contributed by atoms with Gasteiger partial charge in [0.1, 0.15) is 5.75 Å². The molecule has 0 fully saturated rings. The quantitative estimate of drug-likeness (QED) is 0.859. The summed E-state index contributed by atoms with van der Waals surface area (Å²) < 4.78 is 5.46. The van der Waals surface area contributed by atoms with Crippen molar-refractivity contribution in [3.8, 4) is 5.75 Å². The topological polar surface area (TPSA) is 64.3 Å². The van der Waals surface area contributed by atoms with Gasteiger partial charge in [-0.3, -0.25) is 4.79 Å². The lowest BCUT2D eigenvalue weighted by Gasteiger charge is -2.10. The van der Waals surface area contributed by atoms with Gasteiger partial charge in [0.25, 0.3) is 0 Å². The second-order valence-electron chi connectivity index (χ2n) is 4.43. The lowest BCUT2D eigenvalue weighted by molar-refractivity contribution is 0.100. The minimum atomic E-state index is -0.384. The highest BCUT2D eigenvalue weighted by Crippen LogP contribution is 2.23. The molecule has 106 valence electrons. The third kappa shape index (κ3) is 3.51. The predicted molar refractivity (Wildman–Crippen MR) is 82.5 cm³/mol. The number of nitrogens with two attached hydrogens (primary N) is 1. The molecule has 0 aliphatic carbocycles. The van der Waals surface area contributed by atoms with Gasteiger partial charge in [-0.25, -0.2) is 0 Å². The van der Waals surface area contributed by atoms with Crippen LogP contribution in [0.5, 0.6) is 5.75 Å². The minimum Gasteiger partial charge on any atom is -0.494 e. The maximum absolute atomic E-state index is 11.0. The van der Waals surface area contributed by atoms with E-state index in [0.717, 1.165) is 21.9 Å². The normalized spacial score (nSPS) is 10.3. The zero-order chi connectivity index (χ0) is 14.5. The molecule has 1 amide bonds. The highest BCUT2D eigenvalue weighted by atomic mass is 32.1. The number of thiophene rings is 1. The molecule has 0 atom stereocenters. The van der Waals surface area contributed by atoms with E-state index in [0.29, 0.717) is 18.7 Å². The first-order valence-electron chi connectivity index (χ1n) is 6.44. The van der Waals surface area contributed by atoms with E-state index in [1.54, 1.807) is 5.38 Å². The van der Waals surface area contributed by atoms with Crippen LogP contribution in [0.15, 0.2) is 29.6 Å². The molecule has 0 bridgehead atoms. The number of rotatable bonds is 6. The number of ether oxygens (including phenoxy) is 1. The summed E-state index contributed by atoms with van der Waals surface area (Å²) in [5.41, 5.74) is 7.99. The third-order valence-electron chi connectivity index (χ3n) is 2.90. The number of benzene rings is 1. The lowest BCUT2D eigenvalue weighted by atomic mass is 10.2. The predicted octanol–water partition coefficient (Wildman–Crippen LogP) is 3.17. The molecule has 4 nitrogen and oxygen atoms in total. The van der Waals surface area contributed by atoms with E-state index in [-0.39, 0.29) is 5.91 Å². The van der Waals surface area contributed by atoms with Gasteiger partial charge in [-0.05, 0) is 43.7 Å². The van der Waals surface area contributed by atoms with Crippen LogP contribution in [0.2, 0.25) is 0 Å². The van der Waals surface area contributed by atoms with Crippen molar-refractivity contribution < 1.29 is 9.53 Å². The Balaban J connectivity index is 2.01. The van der Waals surface area contributed by atoms with Crippen molar-refractivity contribution in [2.75, 3.05) is 11.9 Å². The Morgan fingerprint density at radius 3 is 2.80 bits per heavy atom. The fourth-order valence-corrected chi connectivity index (χ4v) is 2.69. The van der Waals surface area contributed by atoms with Gasteiger partial charge in [0, 0.05) is 22.5 Å². The van der Waals surface area contributed by atoms with Crippen LogP contribution in [0.1, 0.15) is 27.7 Å². The van der Waals surface area contributed by atoms with Gasteiger partial charge in [-0.15, -0.1) is 11.3 Å². The largest absolute Gasteiger partial charge is 0.494 e. The smallest absolute Gasteiger partial charge is 0.249 e. The van der Waals surface area contributed by atoms with Crippen LogP contribution in [0.3, 0.4) is 0 Å². The van der Waals surface area contributed by atoms with E-state index in [4.69, 9.17) is 10.5 Å². The number of anilines is 1. The van der Waals surface area contributed by atoms with Crippen molar-refractivity contribution in [1.82, 2.24) is 0 Å². The zero-order valence-electron chi connectivity index (χ0n) is 11.6. The number of carbonyl (C=O) groups is 1. The monoisotopic (exact) mass is 290 g/mol. The number of primary amides is 1. The highest BCUT2D eigenvalue weighted by molar-refractivity contribution is 7.10. The van der Waals surface area contributed by atoms with E-state index in [1.807, 2.05) is 38.1 Å². The lowest BCUT2D eigenvalue weighted by Crippen LogP contribution is -2.09. The maximum atomic E-state index is 11.0. The van der Waals surface area contributed by atoms with Gasteiger partial charge in [0.05, 0.1) is 12.2 Å². The summed E-state index contributed by atoms with van der Waals surface area (Å²) in [7, 11) is 0. The fourth-order valence-electron chi connectivity index (χ4n) is 1.88. The molecule has 0 saturated carbocycles. The Morgan fingerprint density at radius 2 is 2.20 bits per heavy atom. The van der Waals surface area contributed by atoms with E-state index < -0.39 is 0 Å². The number of hydrogen-bond acceptors (Lipinski definition) is 4. The summed E-state index contributed by atoms with van der Waals surface area (Å²) in [6.07, 6.45) is 0. The summed E-state index contributed by atoms with van der Waals surface area (Å²) in [5.74, 6) is 0.493. The van der Waals surface area contributed by atoms with Gasteiger partial charge in [-0.1, -0.05) is 0 Å². The van der Waals surface area contributed by atoms with Crippen LogP contribution >= 0.6 is 11.3 Å².